The number of aliphatic hydroxyl groups excluding tert-OH is 1. The molecular formula is C27H35F3N2O4. The second kappa shape index (κ2) is 12.9. The SMILES string of the molecule is C[C@@H](CCCCOc1ccccc1OCC(F)(F)F)Cc1cc2c(c(C(N)=O)c1)N(CCCO)CC2. The molecule has 1 aliphatic rings. The third-order valence-electron chi connectivity index (χ3n) is 6.24. The highest BCUT2D eigenvalue weighted by molar-refractivity contribution is 6.00. The molecule has 0 spiro atoms. The smallest absolute Gasteiger partial charge is 0.422 e. The first-order valence-electron chi connectivity index (χ1n) is 12.4. The lowest BCUT2D eigenvalue weighted by atomic mass is 9.92. The number of nitrogens with two attached hydrogens (primary N) is 1. The van der Waals surface area contributed by atoms with Crippen LogP contribution in [0.4, 0.5) is 18.9 Å². The second-order valence-corrected chi connectivity index (χ2v) is 9.33. The van der Waals surface area contributed by atoms with Gasteiger partial charge in [0, 0.05) is 19.7 Å². The fraction of sp³-hybridized carbons (Fsp3) is 0.519. The Morgan fingerprint density at radius 2 is 1.86 bits per heavy atom. The molecule has 0 saturated carbocycles. The average Bonchev–Trinajstić information content (AvgIpc) is 3.23. The lowest BCUT2D eigenvalue weighted by Gasteiger charge is -2.22. The number of anilines is 1. The van der Waals surface area contributed by atoms with Crippen LogP contribution < -0.4 is 20.1 Å². The average molecular weight is 509 g/mol. The first-order valence-corrected chi connectivity index (χ1v) is 12.4. The molecule has 2 aromatic rings. The van der Waals surface area contributed by atoms with Crippen molar-refractivity contribution in [1.29, 1.82) is 0 Å². The van der Waals surface area contributed by atoms with Gasteiger partial charge in [-0.3, -0.25) is 4.79 Å². The van der Waals surface area contributed by atoms with Crippen LogP contribution in [-0.2, 0) is 12.8 Å². The van der Waals surface area contributed by atoms with Crippen LogP contribution in [0.15, 0.2) is 36.4 Å². The topological polar surface area (TPSA) is 85.0 Å². The summed E-state index contributed by atoms with van der Waals surface area (Å²) in [6.45, 7) is 2.81. The summed E-state index contributed by atoms with van der Waals surface area (Å²) in [7, 11) is 0. The van der Waals surface area contributed by atoms with E-state index < -0.39 is 18.7 Å². The van der Waals surface area contributed by atoms with Crippen molar-refractivity contribution in [2.75, 3.05) is 37.8 Å². The van der Waals surface area contributed by atoms with Crippen molar-refractivity contribution in [2.45, 2.75) is 51.6 Å². The zero-order valence-electron chi connectivity index (χ0n) is 20.7. The molecule has 1 atom stereocenters. The monoisotopic (exact) mass is 508 g/mol. The molecule has 0 aromatic heterocycles. The highest BCUT2D eigenvalue weighted by Gasteiger charge is 2.29. The van der Waals surface area contributed by atoms with E-state index in [1.807, 2.05) is 6.07 Å². The van der Waals surface area contributed by atoms with Crippen LogP contribution in [0.5, 0.6) is 11.5 Å². The summed E-state index contributed by atoms with van der Waals surface area (Å²) in [5.74, 6) is 0.325. The van der Waals surface area contributed by atoms with Gasteiger partial charge in [-0.2, -0.15) is 13.2 Å². The van der Waals surface area contributed by atoms with Gasteiger partial charge in [0.25, 0.3) is 5.91 Å². The predicted octanol–water partition coefficient (Wildman–Crippen LogP) is 4.90. The molecule has 9 heteroatoms. The van der Waals surface area contributed by atoms with Crippen molar-refractivity contribution in [3.63, 3.8) is 0 Å². The number of primary amides is 1. The third kappa shape index (κ3) is 8.05. The highest BCUT2D eigenvalue weighted by Crippen LogP contribution is 2.34. The van der Waals surface area contributed by atoms with Crippen LogP contribution in [-0.4, -0.2) is 50.1 Å². The van der Waals surface area contributed by atoms with E-state index in [2.05, 4.69) is 17.9 Å². The molecule has 1 aliphatic heterocycles. The standard InChI is InChI=1S/C27H35F3N2O4/c1-19(7-4-5-14-35-23-8-2-3-9-24(23)36-18-27(28,29)30)15-20-16-21-10-12-32(11-6-13-33)25(21)22(17-20)26(31)34/h2-3,8-9,16-17,19,33H,4-7,10-15,18H2,1H3,(H2,31,34)/t19-/m0/s1. The van der Waals surface area contributed by atoms with Crippen molar-refractivity contribution in [1.82, 2.24) is 0 Å². The molecule has 0 aliphatic carbocycles. The van der Waals surface area contributed by atoms with Crippen molar-refractivity contribution in [2.24, 2.45) is 11.7 Å². The molecule has 1 heterocycles. The molecule has 0 unspecified atom stereocenters. The zero-order valence-corrected chi connectivity index (χ0v) is 20.7. The summed E-state index contributed by atoms with van der Waals surface area (Å²) >= 11 is 0. The van der Waals surface area contributed by atoms with Gasteiger partial charge in [-0.05, 0) is 67.3 Å². The highest BCUT2D eigenvalue weighted by atomic mass is 19.4. The van der Waals surface area contributed by atoms with Gasteiger partial charge in [0.1, 0.15) is 0 Å². The Morgan fingerprint density at radius 3 is 2.53 bits per heavy atom. The Balaban J connectivity index is 1.48. The normalized spacial score (nSPS) is 14.0. The quantitative estimate of drug-likeness (QED) is 0.355. The lowest BCUT2D eigenvalue weighted by molar-refractivity contribution is -0.153. The van der Waals surface area contributed by atoms with E-state index in [-0.39, 0.29) is 12.4 Å². The Hall–Kier alpha value is -2.94. The van der Waals surface area contributed by atoms with E-state index in [1.54, 1.807) is 18.2 Å². The number of carbonyl (C=O) groups excluding carboxylic acids is 1. The molecular weight excluding hydrogens is 473 g/mol. The number of para-hydroxylation sites is 2. The maximum Gasteiger partial charge on any atom is 0.422 e. The first-order chi connectivity index (χ1) is 17.2. The lowest BCUT2D eigenvalue weighted by Crippen LogP contribution is -2.25. The molecule has 36 heavy (non-hydrogen) atoms. The summed E-state index contributed by atoms with van der Waals surface area (Å²) in [4.78, 5) is 14.3. The van der Waals surface area contributed by atoms with E-state index in [0.29, 0.717) is 36.8 Å². The van der Waals surface area contributed by atoms with Gasteiger partial charge in [0.05, 0.1) is 17.9 Å². The van der Waals surface area contributed by atoms with Gasteiger partial charge in [-0.15, -0.1) is 0 Å². The third-order valence-corrected chi connectivity index (χ3v) is 6.24. The number of halogens is 3. The van der Waals surface area contributed by atoms with Gasteiger partial charge in [-0.1, -0.05) is 31.5 Å². The van der Waals surface area contributed by atoms with Crippen molar-refractivity contribution in [3.8, 4) is 11.5 Å². The number of hydrogen-bond acceptors (Lipinski definition) is 5. The summed E-state index contributed by atoms with van der Waals surface area (Å²) in [5.41, 5.74) is 9.37. The summed E-state index contributed by atoms with van der Waals surface area (Å²) in [6, 6.07) is 10.4. The molecule has 198 valence electrons. The Bertz CT molecular complexity index is 1010. The minimum Gasteiger partial charge on any atom is -0.490 e. The number of carbonyl (C=O) groups is 1. The summed E-state index contributed by atoms with van der Waals surface area (Å²) in [5, 5.41) is 9.15. The molecule has 1 amide bonds. The molecule has 3 rings (SSSR count). The van der Waals surface area contributed by atoms with Crippen LogP contribution in [0.1, 0.15) is 54.1 Å². The van der Waals surface area contributed by atoms with Crippen LogP contribution in [0.25, 0.3) is 0 Å². The molecule has 0 bridgehead atoms. The number of ether oxygens (including phenoxy) is 2. The van der Waals surface area contributed by atoms with Gasteiger partial charge in [0.15, 0.2) is 18.1 Å². The Labute approximate surface area is 210 Å². The van der Waals surface area contributed by atoms with Gasteiger partial charge in [0.2, 0.25) is 0 Å². The van der Waals surface area contributed by atoms with E-state index in [0.717, 1.165) is 55.5 Å². The summed E-state index contributed by atoms with van der Waals surface area (Å²) < 4.78 is 47.9. The van der Waals surface area contributed by atoms with Crippen molar-refractivity contribution >= 4 is 11.6 Å². The number of rotatable bonds is 14. The van der Waals surface area contributed by atoms with E-state index in [4.69, 9.17) is 20.3 Å². The predicted molar refractivity (Wildman–Crippen MR) is 133 cm³/mol. The minimum atomic E-state index is -4.40. The number of benzene rings is 2. The minimum absolute atomic E-state index is 0.0833. The van der Waals surface area contributed by atoms with Crippen molar-refractivity contribution < 1.29 is 32.5 Å². The van der Waals surface area contributed by atoms with Crippen LogP contribution >= 0.6 is 0 Å². The fourth-order valence-corrected chi connectivity index (χ4v) is 4.61. The molecule has 3 N–H and O–H groups in total. The van der Waals surface area contributed by atoms with Crippen LogP contribution in [0, 0.1) is 5.92 Å². The Morgan fingerprint density at radius 1 is 1.14 bits per heavy atom. The zero-order chi connectivity index (χ0) is 26.1. The largest absolute Gasteiger partial charge is 0.490 e. The van der Waals surface area contributed by atoms with Gasteiger partial charge < -0.3 is 25.2 Å². The number of alkyl halides is 3. The van der Waals surface area contributed by atoms with E-state index in [1.165, 1.54) is 6.07 Å². The number of hydrogen-bond donors (Lipinski definition) is 2. The maximum atomic E-state index is 12.4. The van der Waals surface area contributed by atoms with E-state index >= 15 is 0 Å². The van der Waals surface area contributed by atoms with Gasteiger partial charge in [-0.25, -0.2) is 0 Å². The fourth-order valence-electron chi connectivity index (χ4n) is 4.61. The van der Waals surface area contributed by atoms with Gasteiger partial charge >= 0.3 is 6.18 Å². The molecule has 0 saturated heterocycles. The first kappa shape index (κ1) is 27.6. The number of amides is 1. The number of nitrogens with zero attached hydrogens (tertiary/aromatic N) is 1. The number of fused-ring (bicyclic) bond motifs is 1. The molecule has 0 fully saturated rings. The van der Waals surface area contributed by atoms with E-state index in [9.17, 15) is 18.0 Å². The molecule has 0 radical (unpaired) electrons. The summed E-state index contributed by atoms with van der Waals surface area (Å²) in [6.07, 6.45) is 0.519. The molecule has 6 nitrogen and oxygen atoms in total. The number of aliphatic hydroxyl groups is 1. The van der Waals surface area contributed by atoms with Crippen molar-refractivity contribution in [3.05, 3.63) is 53.1 Å². The second-order valence-electron chi connectivity index (χ2n) is 9.33. The number of unbranched alkanes of at least 4 members (excludes halogenated alkanes) is 1. The molecule has 2 aromatic carbocycles. The maximum absolute atomic E-state index is 12.4. The van der Waals surface area contributed by atoms with Crippen LogP contribution in [0.3, 0.4) is 0 Å². The van der Waals surface area contributed by atoms with Crippen LogP contribution in [0.2, 0.25) is 0 Å². The Kier molecular flexibility index (Phi) is 9.87.